The van der Waals surface area contributed by atoms with Crippen LogP contribution >= 0.6 is 0 Å². The SMILES string of the molecule is CCN=c1[nH]c(=Nc2ccc(/C=C/c3ccc(N=c4[nH]c(=NCC)[nH]c(=Nc5cc(S(=O)(=O)O)ccc5S(=O)(=O)O)[nH]4)cc3S(=O)(=O)O)c(S(=O)(=O)O)c2)[nH]c(=Nc2cc(S(=O)(=O)O)ccc2S(=O)(=O)O)[nH]1. The molecule has 2 heterocycles. The Bertz CT molecular complexity index is 4100. The minimum absolute atomic E-state index is 0.0780. The lowest BCUT2D eigenvalue weighted by molar-refractivity contribution is 0.478. The number of nitrogens with zero attached hydrogens (tertiary/aromatic N) is 6. The molecule has 0 spiro atoms. The van der Waals surface area contributed by atoms with Gasteiger partial charge in [0.05, 0.1) is 32.5 Å². The smallest absolute Gasteiger partial charge is 0.296 e. The summed E-state index contributed by atoms with van der Waals surface area (Å²) in [7, 11) is -30.0. The summed E-state index contributed by atoms with van der Waals surface area (Å²) in [5.41, 5.74) is -3.68. The Balaban J connectivity index is 1.44. The van der Waals surface area contributed by atoms with E-state index in [1.165, 1.54) is 12.1 Å². The van der Waals surface area contributed by atoms with Crippen molar-refractivity contribution in [3.05, 3.63) is 118 Å². The van der Waals surface area contributed by atoms with E-state index in [0.29, 0.717) is 36.4 Å². The zero-order valence-electron chi connectivity index (χ0n) is 36.2. The van der Waals surface area contributed by atoms with Gasteiger partial charge in [0.25, 0.3) is 60.7 Å². The Kier molecular flexibility index (Phi) is 15.5. The monoisotopic (exact) mass is 1120 g/mol. The maximum absolute atomic E-state index is 12.7. The Labute approximate surface area is 405 Å². The third kappa shape index (κ3) is 13.9. The fraction of sp³-hybridized carbons (Fsp3) is 0.111. The minimum Gasteiger partial charge on any atom is -0.296 e. The molecule has 2 aromatic heterocycles. The molecule has 6 aromatic rings. The summed E-state index contributed by atoms with van der Waals surface area (Å²) in [5.74, 6) is 0. The van der Waals surface area contributed by atoms with Gasteiger partial charge in [-0.2, -0.15) is 50.5 Å². The van der Waals surface area contributed by atoms with Crippen LogP contribution in [0.4, 0.5) is 22.7 Å². The summed E-state index contributed by atoms with van der Waals surface area (Å²) >= 11 is 0. The van der Waals surface area contributed by atoms with E-state index in [1.807, 2.05) is 0 Å². The molecular formula is C36H36N12O18S6. The average molecular weight is 1120 g/mol. The van der Waals surface area contributed by atoms with E-state index in [-0.39, 0.29) is 69.3 Å². The Morgan fingerprint density at radius 2 is 0.681 bits per heavy atom. The molecule has 0 bridgehead atoms. The number of nitrogens with one attached hydrogen (secondary N) is 6. The third-order valence-electron chi connectivity index (χ3n) is 9.00. The van der Waals surface area contributed by atoms with Crippen molar-refractivity contribution in [1.82, 2.24) is 29.9 Å². The van der Waals surface area contributed by atoms with Crippen molar-refractivity contribution in [3.63, 3.8) is 0 Å². The highest BCUT2D eigenvalue weighted by Crippen LogP contribution is 2.30. The van der Waals surface area contributed by atoms with Gasteiger partial charge in [0.1, 0.15) is 19.6 Å². The van der Waals surface area contributed by atoms with Crippen molar-refractivity contribution in [3.8, 4) is 0 Å². The van der Waals surface area contributed by atoms with Gasteiger partial charge < -0.3 is 0 Å². The minimum atomic E-state index is -5.10. The fourth-order valence-electron chi connectivity index (χ4n) is 6.07. The summed E-state index contributed by atoms with van der Waals surface area (Å²) in [6.45, 7) is 3.52. The topological polar surface area (TPSA) is 495 Å². The van der Waals surface area contributed by atoms with Crippen molar-refractivity contribution in [2.24, 2.45) is 30.0 Å². The van der Waals surface area contributed by atoms with E-state index in [9.17, 15) is 77.8 Å². The molecule has 0 saturated heterocycles. The molecular weight excluding hydrogens is 1080 g/mol. The Morgan fingerprint density at radius 3 is 0.972 bits per heavy atom. The van der Waals surface area contributed by atoms with Gasteiger partial charge in [-0.05, 0) is 85.6 Å². The molecule has 0 unspecified atom stereocenters. The van der Waals surface area contributed by atoms with Crippen LogP contribution in [0.1, 0.15) is 25.0 Å². The second-order valence-corrected chi connectivity index (χ2v) is 22.5. The first kappa shape index (κ1) is 54.2. The van der Waals surface area contributed by atoms with Gasteiger partial charge in [0, 0.05) is 13.1 Å². The molecule has 12 N–H and O–H groups in total. The molecule has 0 fully saturated rings. The molecule has 36 heteroatoms. The maximum Gasteiger partial charge on any atom is 0.296 e. The average Bonchev–Trinajstić information content (AvgIpc) is 3.24. The van der Waals surface area contributed by atoms with Gasteiger partial charge in [-0.15, -0.1) is 0 Å². The second-order valence-electron chi connectivity index (χ2n) is 14.1. The van der Waals surface area contributed by atoms with Crippen molar-refractivity contribution >= 4 is 95.6 Å². The van der Waals surface area contributed by atoms with Crippen molar-refractivity contribution in [1.29, 1.82) is 0 Å². The summed E-state index contributed by atoms with van der Waals surface area (Å²) in [6.07, 6.45) is 2.12. The lowest BCUT2D eigenvalue weighted by Crippen LogP contribution is -2.37. The predicted molar refractivity (Wildman–Crippen MR) is 246 cm³/mol. The van der Waals surface area contributed by atoms with Crippen LogP contribution in [0.5, 0.6) is 0 Å². The van der Waals surface area contributed by atoms with Crippen molar-refractivity contribution in [2.75, 3.05) is 13.1 Å². The first-order valence-electron chi connectivity index (χ1n) is 19.5. The number of H-pyrrole nitrogens is 6. The summed E-state index contributed by atoms with van der Waals surface area (Å²) in [5, 5.41) is 0. The molecule has 0 aliphatic heterocycles. The summed E-state index contributed by atoms with van der Waals surface area (Å²) in [6, 6.07) is 10.6. The highest BCUT2D eigenvalue weighted by molar-refractivity contribution is 7.87. The molecule has 4 aromatic carbocycles. The zero-order chi connectivity index (χ0) is 53.2. The van der Waals surface area contributed by atoms with Crippen LogP contribution in [0.3, 0.4) is 0 Å². The lowest BCUT2D eigenvalue weighted by Gasteiger charge is -2.07. The Morgan fingerprint density at radius 1 is 0.375 bits per heavy atom. The van der Waals surface area contributed by atoms with Gasteiger partial charge >= 0.3 is 0 Å². The first-order valence-corrected chi connectivity index (χ1v) is 28.1. The van der Waals surface area contributed by atoms with Crippen molar-refractivity contribution < 1.29 is 77.8 Å². The largest absolute Gasteiger partial charge is 0.296 e. The second kappa shape index (κ2) is 20.6. The summed E-state index contributed by atoms with van der Waals surface area (Å²) < 4.78 is 205. The first-order chi connectivity index (χ1) is 33.3. The number of benzene rings is 4. The molecule has 0 amide bonds. The van der Waals surface area contributed by atoms with Crippen molar-refractivity contribution in [2.45, 2.75) is 43.2 Å². The third-order valence-corrected chi connectivity index (χ3v) is 14.3. The number of aromatic nitrogens is 6. The van der Waals surface area contributed by atoms with Gasteiger partial charge in [0.2, 0.25) is 33.7 Å². The van der Waals surface area contributed by atoms with Gasteiger partial charge in [-0.25, -0.2) is 20.0 Å². The normalized spacial score (nSPS) is 14.8. The van der Waals surface area contributed by atoms with E-state index in [4.69, 9.17) is 0 Å². The van der Waals surface area contributed by atoms with E-state index < -0.39 is 101 Å². The number of rotatable bonds is 14. The molecule has 6 rings (SSSR count). The number of aromatic amines is 6. The molecule has 0 saturated carbocycles. The molecule has 0 aliphatic rings. The van der Waals surface area contributed by atoms with Gasteiger partial charge in [-0.1, -0.05) is 24.3 Å². The predicted octanol–water partition coefficient (Wildman–Crippen LogP) is 0.0766. The highest BCUT2D eigenvalue weighted by Gasteiger charge is 2.22. The summed E-state index contributed by atoms with van der Waals surface area (Å²) in [4.78, 5) is 35.8. The van der Waals surface area contributed by atoms with Gasteiger partial charge in [0.15, 0.2) is 0 Å². The van der Waals surface area contributed by atoms with Crippen LogP contribution in [-0.4, -0.2) is 121 Å². The van der Waals surface area contributed by atoms with E-state index >= 15 is 0 Å². The zero-order valence-corrected chi connectivity index (χ0v) is 41.1. The molecule has 30 nitrogen and oxygen atoms in total. The molecule has 0 atom stereocenters. The van der Waals surface area contributed by atoms with Crippen LogP contribution in [0, 0.1) is 0 Å². The lowest BCUT2D eigenvalue weighted by atomic mass is 10.1. The van der Waals surface area contributed by atoms with Gasteiger partial charge in [-0.3, -0.25) is 67.2 Å². The van der Waals surface area contributed by atoms with Crippen LogP contribution in [0.15, 0.2) is 132 Å². The molecule has 72 heavy (non-hydrogen) atoms. The standard InChI is InChI=1S/C36H36N12O18S6/c1-3-37-31-43-33(47-35(45-31)41-25-17-23(67(49,50)51)11-13-27(25)69(55,56)57)39-21-9-7-19(29(15-21)71(61,62)63)5-6-20-8-10-22(16-30(20)72(64,65)66)40-34-44-32(38-4-2)46-36(48-34)42-26-18-24(68(52,53)54)12-14-28(26)70(58,59)60/h5-18H,3-4H2,1-2H3,(H,49,50,51)(H,52,53,54)(H,55,56,57)(H,58,59,60)(H,61,62,63)(H,64,65,66)(H3,37,39,41,43,45,47)(H3,38,40,42,44,46,48)/b6-5+. The van der Waals surface area contributed by atoms with E-state index in [1.54, 1.807) is 13.8 Å². The molecule has 384 valence electrons. The van der Waals surface area contributed by atoms with Crippen LogP contribution in [-0.2, 0) is 60.7 Å². The number of hydrogen-bond acceptors (Lipinski definition) is 18. The van der Waals surface area contributed by atoms with Crippen LogP contribution < -0.4 is 33.7 Å². The van der Waals surface area contributed by atoms with E-state index in [2.05, 4.69) is 59.9 Å². The Hall–Kier alpha value is -7.10. The molecule has 0 radical (unpaired) electrons. The molecule has 0 aliphatic carbocycles. The quantitative estimate of drug-likeness (QED) is 0.0507. The number of hydrogen-bond donors (Lipinski definition) is 12. The van der Waals surface area contributed by atoms with E-state index in [0.717, 1.165) is 36.4 Å². The van der Waals surface area contributed by atoms with Crippen LogP contribution in [0.25, 0.3) is 12.2 Å². The maximum atomic E-state index is 12.7. The van der Waals surface area contributed by atoms with Crippen LogP contribution in [0.2, 0.25) is 0 Å². The highest BCUT2D eigenvalue weighted by atomic mass is 32.2. The fourth-order valence-corrected chi connectivity index (χ4v) is 9.70.